The minimum Gasteiger partial charge on any atom is -0.462 e. The monoisotopic (exact) mass is 391 g/mol. The van der Waals surface area contributed by atoms with E-state index in [0.29, 0.717) is 4.57 Å². The lowest BCUT2D eigenvalue weighted by molar-refractivity contribution is -0.206. The smallest absolute Gasteiger partial charge is 0.351 e. The molecule has 1 rings (SSSR count). The van der Waals surface area contributed by atoms with Crippen molar-refractivity contribution in [2.75, 3.05) is 26.1 Å². The number of nitrogens with two attached hydrogens (primary N) is 1. The zero-order chi connectivity index (χ0) is 20.6. The van der Waals surface area contributed by atoms with Crippen molar-refractivity contribution >= 4 is 17.8 Å². The standard InChI is InChI=1S/C16H23F2N3O6/c1-4-11(22)26-9-16(8-17,25-3)13(27-12(23)5-2)14(18)21-7-6-10(19)20-15(21)24/h6-7,13-14H,4-5,8-9H2,1-3H3,(H2,19,20,24)/t13-,14-,16+/m0/s1. The van der Waals surface area contributed by atoms with Gasteiger partial charge in [0.15, 0.2) is 11.7 Å². The van der Waals surface area contributed by atoms with Gasteiger partial charge in [-0.25, -0.2) is 13.6 Å². The maximum atomic E-state index is 15.2. The van der Waals surface area contributed by atoms with Gasteiger partial charge in [-0.05, 0) is 6.07 Å². The van der Waals surface area contributed by atoms with Gasteiger partial charge < -0.3 is 19.9 Å². The molecule has 0 saturated heterocycles. The number of rotatable bonds is 10. The van der Waals surface area contributed by atoms with Crippen molar-refractivity contribution in [1.82, 2.24) is 9.55 Å². The maximum Gasteiger partial charge on any atom is 0.351 e. The number of hydrogen-bond acceptors (Lipinski definition) is 8. The highest BCUT2D eigenvalue weighted by atomic mass is 19.1. The summed E-state index contributed by atoms with van der Waals surface area (Å²) in [6.07, 6.45) is -3.48. The van der Waals surface area contributed by atoms with E-state index in [4.69, 9.17) is 19.9 Å². The Morgan fingerprint density at radius 1 is 1.33 bits per heavy atom. The van der Waals surface area contributed by atoms with Crippen LogP contribution in [0.5, 0.6) is 0 Å². The number of esters is 2. The largest absolute Gasteiger partial charge is 0.462 e. The predicted octanol–water partition coefficient (Wildman–Crippen LogP) is 0.923. The normalized spacial score (nSPS) is 15.4. The molecule has 0 saturated carbocycles. The molecule has 0 amide bonds. The van der Waals surface area contributed by atoms with Gasteiger partial charge in [-0.15, -0.1) is 0 Å². The molecule has 1 aromatic rings. The quantitative estimate of drug-likeness (QED) is 0.584. The number of methoxy groups -OCH3 is 1. The number of nitrogens with zero attached hydrogens (tertiary/aromatic N) is 2. The number of ether oxygens (including phenoxy) is 3. The van der Waals surface area contributed by atoms with E-state index in [1.807, 2.05) is 0 Å². The molecule has 0 bridgehead atoms. The number of hydrogen-bond donors (Lipinski definition) is 1. The van der Waals surface area contributed by atoms with Crippen molar-refractivity contribution in [1.29, 1.82) is 0 Å². The van der Waals surface area contributed by atoms with Crippen LogP contribution in [-0.4, -0.2) is 53.6 Å². The Hall–Kier alpha value is -2.56. The predicted molar refractivity (Wildman–Crippen MR) is 90.2 cm³/mol. The Bertz CT molecular complexity index is 708. The van der Waals surface area contributed by atoms with Crippen molar-refractivity contribution in [3.63, 3.8) is 0 Å². The van der Waals surface area contributed by atoms with Crippen LogP contribution in [-0.2, 0) is 23.8 Å². The summed E-state index contributed by atoms with van der Waals surface area (Å²) in [4.78, 5) is 38.5. The number of aromatic nitrogens is 2. The van der Waals surface area contributed by atoms with Crippen LogP contribution < -0.4 is 11.4 Å². The van der Waals surface area contributed by atoms with Crippen molar-refractivity contribution in [2.45, 2.75) is 44.7 Å². The number of carbonyl (C=O) groups is 2. The van der Waals surface area contributed by atoms with Gasteiger partial charge in [-0.3, -0.25) is 14.2 Å². The molecule has 0 aliphatic rings. The lowest BCUT2D eigenvalue weighted by Gasteiger charge is -2.37. The second kappa shape index (κ2) is 9.95. The molecule has 2 N–H and O–H groups in total. The van der Waals surface area contributed by atoms with Gasteiger partial charge in [0.1, 0.15) is 19.1 Å². The lowest BCUT2D eigenvalue weighted by Crippen LogP contribution is -2.56. The summed E-state index contributed by atoms with van der Waals surface area (Å²) in [7, 11) is 1.04. The molecular formula is C16H23F2N3O6. The van der Waals surface area contributed by atoms with Gasteiger partial charge in [0, 0.05) is 26.1 Å². The van der Waals surface area contributed by atoms with Crippen LogP contribution in [0.25, 0.3) is 0 Å². The molecule has 27 heavy (non-hydrogen) atoms. The Kier molecular flexibility index (Phi) is 8.29. The van der Waals surface area contributed by atoms with E-state index < -0.39 is 48.9 Å². The Morgan fingerprint density at radius 3 is 2.44 bits per heavy atom. The molecule has 1 heterocycles. The van der Waals surface area contributed by atoms with Crippen molar-refractivity contribution in [3.8, 4) is 0 Å². The van der Waals surface area contributed by atoms with Gasteiger partial charge in [0.25, 0.3) is 0 Å². The topological polar surface area (TPSA) is 123 Å². The maximum absolute atomic E-state index is 15.2. The third kappa shape index (κ3) is 5.46. The summed E-state index contributed by atoms with van der Waals surface area (Å²) >= 11 is 0. The minimum absolute atomic E-state index is 0.00805. The van der Waals surface area contributed by atoms with Crippen LogP contribution in [0.1, 0.15) is 33.0 Å². The van der Waals surface area contributed by atoms with Gasteiger partial charge in [-0.1, -0.05) is 13.8 Å². The highest BCUT2D eigenvalue weighted by molar-refractivity contribution is 5.69. The first-order chi connectivity index (χ1) is 12.7. The highest BCUT2D eigenvalue weighted by Crippen LogP contribution is 2.30. The van der Waals surface area contributed by atoms with Crippen molar-refractivity contribution < 1.29 is 32.6 Å². The molecule has 9 nitrogen and oxygen atoms in total. The van der Waals surface area contributed by atoms with Gasteiger partial charge in [-0.2, -0.15) is 4.98 Å². The number of nitrogen functional groups attached to an aromatic ring is 1. The number of alkyl halides is 2. The second-order valence-corrected chi connectivity index (χ2v) is 5.60. The van der Waals surface area contributed by atoms with Crippen LogP contribution in [0.2, 0.25) is 0 Å². The Morgan fingerprint density at radius 2 is 1.96 bits per heavy atom. The summed E-state index contributed by atoms with van der Waals surface area (Å²) in [6, 6.07) is 1.15. The van der Waals surface area contributed by atoms with Crippen LogP contribution in [0.3, 0.4) is 0 Å². The van der Waals surface area contributed by atoms with Crippen LogP contribution in [0.15, 0.2) is 17.1 Å². The molecular weight excluding hydrogens is 368 g/mol. The molecule has 11 heteroatoms. The summed E-state index contributed by atoms with van der Waals surface area (Å²) < 4.78 is 44.6. The molecule has 0 aliphatic heterocycles. The fraction of sp³-hybridized carbons (Fsp3) is 0.625. The average Bonchev–Trinajstić information content (AvgIpc) is 2.66. The Labute approximate surface area is 154 Å². The van der Waals surface area contributed by atoms with Gasteiger partial charge >= 0.3 is 17.6 Å². The minimum atomic E-state index is -2.38. The zero-order valence-electron chi connectivity index (χ0n) is 15.3. The SMILES string of the molecule is CCC(=O)OC[C@@](CF)(OC)[C@@H](OC(=O)CC)[C@@H](F)n1ccc(N)nc1=O. The fourth-order valence-corrected chi connectivity index (χ4v) is 2.13. The lowest BCUT2D eigenvalue weighted by atomic mass is 9.97. The van der Waals surface area contributed by atoms with E-state index >= 15 is 4.39 Å². The van der Waals surface area contributed by atoms with Crippen LogP contribution in [0.4, 0.5) is 14.6 Å². The van der Waals surface area contributed by atoms with E-state index in [0.717, 1.165) is 19.4 Å². The second-order valence-electron chi connectivity index (χ2n) is 5.60. The third-order valence-corrected chi connectivity index (χ3v) is 3.83. The first kappa shape index (κ1) is 22.5. The average molecular weight is 391 g/mol. The molecule has 0 spiro atoms. The first-order valence-electron chi connectivity index (χ1n) is 8.19. The van der Waals surface area contributed by atoms with E-state index in [9.17, 15) is 18.8 Å². The van der Waals surface area contributed by atoms with E-state index in [1.54, 1.807) is 0 Å². The molecule has 0 fully saturated rings. The number of anilines is 1. The van der Waals surface area contributed by atoms with Gasteiger partial charge in [0.05, 0.1) is 0 Å². The third-order valence-electron chi connectivity index (χ3n) is 3.83. The van der Waals surface area contributed by atoms with Crippen LogP contribution >= 0.6 is 0 Å². The molecule has 0 radical (unpaired) electrons. The molecule has 0 aromatic carbocycles. The summed E-state index contributed by atoms with van der Waals surface area (Å²) in [5.74, 6) is -1.70. The summed E-state index contributed by atoms with van der Waals surface area (Å²) in [5, 5.41) is 0. The molecule has 0 aliphatic carbocycles. The van der Waals surface area contributed by atoms with E-state index in [-0.39, 0.29) is 18.7 Å². The zero-order valence-corrected chi connectivity index (χ0v) is 15.3. The summed E-state index contributed by atoms with van der Waals surface area (Å²) in [6.45, 7) is 0.870. The number of halogens is 2. The van der Waals surface area contributed by atoms with Gasteiger partial charge in [0.2, 0.25) is 6.30 Å². The fourth-order valence-electron chi connectivity index (χ4n) is 2.13. The molecule has 0 unspecified atom stereocenters. The molecule has 152 valence electrons. The van der Waals surface area contributed by atoms with Crippen LogP contribution in [0, 0.1) is 0 Å². The van der Waals surface area contributed by atoms with E-state index in [1.165, 1.54) is 13.8 Å². The van der Waals surface area contributed by atoms with Crippen molar-refractivity contribution in [2.24, 2.45) is 0 Å². The highest BCUT2D eigenvalue weighted by Gasteiger charge is 2.49. The number of carbonyl (C=O) groups excluding carboxylic acids is 2. The summed E-state index contributed by atoms with van der Waals surface area (Å²) in [5.41, 5.74) is 2.12. The Balaban J connectivity index is 3.35. The van der Waals surface area contributed by atoms with E-state index in [2.05, 4.69) is 4.98 Å². The first-order valence-corrected chi connectivity index (χ1v) is 8.19. The van der Waals surface area contributed by atoms with Crippen molar-refractivity contribution in [3.05, 3.63) is 22.7 Å². The molecule has 3 atom stereocenters. The molecule has 1 aromatic heterocycles.